The van der Waals surface area contributed by atoms with Gasteiger partial charge in [-0.1, -0.05) is 30.3 Å². The van der Waals surface area contributed by atoms with Crippen LogP contribution in [0.3, 0.4) is 0 Å². The zero-order valence-electron chi connectivity index (χ0n) is 10.6. The fraction of sp³-hybridized carbons (Fsp3) is 0.200. The van der Waals surface area contributed by atoms with Gasteiger partial charge in [0.15, 0.2) is 5.65 Å². The Hall–Kier alpha value is -1.87. The van der Waals surface area contributed by atoms with Crippen LogP contribution in [0, 0.1) is 0 Å². The van der Waals surface area contributed by atoms with Gasteiger partial charge in [-0.3, -0.25) is 0 Å². The molecule has 0 saturated carbocycles. The molecule has 3 nitrogen and oxygen atoms in total. The maximum atomic E-state index is 6.58. The van der Waals surface area contributed by atoms with Crippen LogP contribution in [0.25, 0.3) is 11.2 Å². The Morgan fingerprint density at radius 1 is 1.16 bits per heavy atom. The number of benzene rings is 1. The number of nitrogens with zero attached hydrogens (tertiary/aromatic N) is 3. The van der Waals surface area contributed by atoms with E-state index in [1.165, 1.54) is 0 Å². The van der Waals surface area contributed by atoms with Crippen molar-refractivity contribution in [3.05, 3.63) is 60.0 Å². The van der Waals surface area contributed by atoms with Gasteiger partial charge in [-0.2, -0.15) is 0 Å². The maximum Gasteiger partial charge on any atom is 0.160 e. The molecule has 19 heavy (non-hydrogen) atoms. The number of pyridine rings is 1. The van der Waals surface area contributed by atoms with E-state index >= 15 is 0 Å². The van der Waals surface area contributed by atoms with Crippen LogP contribution in [0.4, 0.5) is 0 Å². The van der Waals surface area contributed by atoms with Crippen molar-refractivity contribution in [2.24, 2.45) is 0 Å². The first-order valence-electron chi connectivity index (χ1n) is 6.31. The van der Waals surface area contributed by atoms with Crippen LogP contribution < -0.4 is 0 Å². The molecule has 0 N–H and O–H groups in total. The van der Waals surface area contributed by atoms with Crippen LogP contribution in [0.5, 0.6) is 0 Å². The molecule has 0 bridgehead atoms. The van der Waals surface area contributed by atoms with Crippen molar-refractivity contribution in [1.29, 1.82) is 0 Å². The lowest BCUT2D eigenvalue weighted by Gasteiger charge is -2.11. The quantitative estimate of drug-likeness (QED) is 0.679. The summed E-state index contributed by atoms with van der Waals surface area (Å²) in [5.74, 6) is 0.851. The number of fused-ring (bicyclic) bond motifs is 1. The summed E-state index contributed by atoms with van der Waals surface area (Å²) >= 11 is 6.58. The molecule has 96 valence electrons. The molecule has 0 radical (unpaired) electrons. The highest BCUT2D eigenvalue weighted by Gasteiger charge is 2.19. The fourth-order valence-corrected chi connectivity index (χ4v) is 2.56. The Kier molecular flexibility index (Phi) is 3.22. The number of alkyl halides is 1. The topological polar surface area (TPSA) is 30.7 Å². The van der Waals surface area contributed by atoms with Crippen molar-refractivity contribution in [2.45, 2.75) is 18.8 Å². The van der Waals surface area contributed by atoms with E-state index in [-0.39, 0.29) is 5.38 Å². The second-order valence-corrected chi connectivity index (χ2v) is 4.77. The Morgan fingerprint density at radius 2 is 1.95 bits per heavy atom. The minimum atomic E-state index is -0.254. The van der Waals surface area contributed by atoms with Gasteiger partial charge in [0.1, 0.15) is 16.7 Å². The first-order valence-corrected chi connectivity index (χ1v) is 6.75. The number of aromatic nitrogens is 3. The predicted octanol–water partition coefficient (Wildman–Crippen LogP) is 3.78. The van der Waals surface area contributed by atoms with Gasteiger partial charge in [-0.05, 0) is 24.6 Å². The first-order chi connectivity index (χ1) is 9.31. The largest absolute Gasteiger partial charge is 0.311 e. The fourth-order valence-electron chi connectivity index (χ4n) is 2.25. The molecule has 0 aliphatic rings. The third-order valence-electron chi connectivity index (χ3n) is 3.17. The summed E-state index contributed by atoms with van der Waals surface area (Å²) in [5.41, 5.74) is 2.83. The first kappa shape index (κ1) is 12.2. The van der Waals surface area contributed by atoms with Gasteiger partial charge < -0.3 is 4.57 Å². The molecule has 1 aromatic carbocycles. The molecule has 3 aromatic rings. The van der Waals surface area contributed by atoms with Crippen LogP contribution in [0.2, 0.25) is 0 Å². The normalized spacial score (nSPS) is 12.7. The molecule has 3 rings (SSSR count). The highest BCUT2D eigenvalue weighted by molar-refractivity contribution is 6.22. The van der Waals surface area contributed by atoms with Crippen molar-refractivity contribution in [2.75, 3.05) is 0 Å². The van der Waals surface area contributed by atoms with Crippen LogP contribution >= 0.6 is 11.6 Å². The molecular formula is C15H14ClN3. The zero-order valence-corrected chi connectivity index (χ0v) is 11.4. The molecule has 0 fully saturated rings. The summed E-state index contributed by atoms with van der Waals surface area (Å²) in [4.78, 5) is 9.02. The second kappa shape index (κ2) is 5.02. The van der Waals surface area contributed by atoms with Crippen molar-refractivity contribution in [3.63, 3.8) is 0 Å². The van der Waals surface area contributed by atoms with Crippen LogP contribution in [-0.2, 0) is 6.54 Å². The summed E-state index contributed by atoms with van der Waals surface area (Å²) in [5, 5.41) is -0.254. The monoisotopic (exact) mass is 271 g/mol. The standard InChI is InChI=1S/C15H14ClN3/c1-2-19-14-12(9-6-10-17-14)18-15(19)13(16)11-7-4-3-5-8-11/h3-10,13H,2H2,1H3. The van der Waals surface area contributed by atoms with E-state index in [0.717, 1.165) is 29.1 Å². The van der Waals surface area contributed by atoms with Gasteiger partial charge in [-0.15, -0.1) is 11.6 Å². The molecule has 4 heteroatoms. The van der Waals surface area contributed by atoms with Crippen LogP contribution in [0.15, 0.2) is 48.7 Å². The van der Waals surface area contributed by atoms with E-state index in [1.54, 1.807) is 6.20 Å². The predicted molar refractivity (Wildman–Crippen MR) is 77.3 cm³/mol. The van der Waals surface area contributed by atoms with Gasteiger partial charge in [0.2, 0.25) is 0 Å². The molecule has 2 aromatic heterocycles. The smallest absolute Gasteiger partial charge is 0.160 e. The van der Waals surface area contributed by atoms with Crippen LogP contribution in [-0.4, -0.2) is 14.5 Å². The Labute approximate surface area is 116 Å². The lowest BCUT2D eigenvalue weighted by molar-refractivity contribution is 0.720. The number of hydrogen-bond donors (Lipinski definition) is 0. The summed E-state index contributed by atoms with van der Waals surface area (Å²) in [6.07, 6.45) is 1.78. The number of rotatable bonds is 3. The molecule has 0 aliphatic carbocycles. The Balaban J connectivity index is 2.14. The average molecular weight is 272 g/mol. The van der Waals surface area contributed by atoms with E-state index in [2.05, 4.69) is 21.5 Å². The lowest BCUT2D eigenvalue weighted by Crippen LogP contribution is -2.05. The number of imidazole rings is 1. The summed E-state index contributed by atoms with van der Waals surface area (Å²) in [6.45, 7) is 2.88. The molecule has 0 saturated heterocycles. The van der Waals surface area contributed by atoms with Crippen molar-refractivity contribution >= 4 is 22.8 Å². The lowest BCUT2D eigenvalue weighted by atomic mass is 10.1. The van der Waals surface area contributed by atoms with Crippen molar-refractivity contribution in [3.8, 4) is 0 Å². The van der Waals surface area contributed by atoms with Gasteiger partial charge >= 0.3 is 0 Å². The van der Waals surface area contributed by atoms with Gasteiger partial charge in [-0.25, -0.2) is 9.97 Å². The van der Waals surface area contributed by atoms with Crippen LogP contribution in [0.1, 0.15) is 23.7 Å². The van der Waals surface area contributed by atoms with Gasteiger partial charge in [0.25, 0.3) is 0 Å². The summed E-state index contributed by atoms with van der Waals surface area (Å²) < 4.78 is 2.07. The average Bonchev–Trinajstić information content (AvgIpc) is 2.85. The SMILES string of the molecule is CCn1c(C(Cl)c2ccccc2)nc2cccnc21. The zero-order chi connectivity index (χ0) is 13.2. The number of hydrogen-bond acceptors (Lipinski definition) is 2. The highest BCUT2D eigenvalue weighted by Crippen LogP contribution is 2.29. The summed E-state index contributed by atoms with van der Waals surface area (Å²) in [7, 11) is 0. The third kappa shape index (κ3) is 2.10. The minimum Gasteiger partial charge on any atom is -0.311 e. The van der Waals surface area contributed by atoms with E-state index < -0.39 is 0 Å². The minimum absolute atomic E-state index is 0.254. The Bertz CT molecular complexity index is 691. The van der Waals surface area contributed by atoms with E-state index in [1.807, 2.05) is 42.5 Å². The Morgan fingerprint density at radius 3 is 2.68 bits per heavy atom. The molecule has 0 spiro atoms. The molecular weight excluding hydrogens is 258 g/mol. The molecule has 0 amide bonds. The van der Waals surface area contributed by atoms with E-state index in [4.69, 9.17) is 11.6 Å². The van der Waals surface area contributed by atoms with Crippen molar-refractivity contribution in [1.82, 2.24) is 14.5 Å². The van der Waals surface area contributed by atoms with E-state index in [9.17, 15) is 0 Å². The number of aryl methyl sites for hydroxylation is 1. The molecule has 2 heterocycles. The summed E-state index contributed by atoms with van der Waals surface area (Å²) in [6, 6.07) is 13.9. The van der Waals surface area contributed by atoms with Gasteiger partial charge in [0, 0.05) is 12.7 Å². The number of halogens is 1. The second-order valence-electron chi connectivity index (χ2n) is 4.33. The van der Waals surface area contributed by atoms with Gasteiger partial charge in [0.05, 0.1) is 0 Å². The molecule has 1 unspecified atom stereocenters. The third-order valence-corrected chi connectivity index (χ3v) is 3.62. The van der Waals surface area contributed by atoms with Crippen molar-refractivity contribution < 1.29 is 0 Å². The molecule has 1 atom stereocenters. The molecule has 0 aliphatic heterocycles. The maximum absolute atomic E-state index is 6.58. The highest BCUT2D eigenvalue weighted by atomic mass is 35.5. The van der Waals surface area contributed by atoms with E-state index in [0.29, 0.717) is 0 Å².